The molecule has 0 saturated heterocycles. The van der Waals surface area contributed by atoms with Gasteiger partial charge in [0, 0.05) is 19.6 Å². The van der Waals surface area contributed by atoms with Crippen molar-refractivity contribution in [3.05, 3.63) is 34.0 Å². The molecule has 0 atom stereocenters. The van der Waals surface area contributed by atoms with Crippen LogP contribution in [0.3, 0.4) is 0 Å². The summed E-state index contributed by atoms with van der Waals surface area (Å²) in [5, 5.41) is 4.40. The van der Waals surface area contributed by atoms with Crippen LogP contribution in [-0.2, 0) is 6.54 Å². The fourth-order valence-corrected chi connectivity index (χ4v) is 2.43. The molecule has 2 heteroatoms. The zero-order valence-corrected chi connectivity index (χ0v) is 8.81. The lowest BCUT2D eigenvalue weighted by Crippen LogP contribution is -2.28. The summed E-state index contributed by atoms with van der Waals surface area (Å²) in [6.45, 7) is 5.71. The first kappa shape index (κ1) is 8.97. The highest BCUT2D eigenvalue weighted by molar-refractivity contribution is 7.07. The van der Waals surface area contributed by atoms with E-state index in [0.29, 0.717) is 0 Å². The Bertz CT molecular complexity index is 287. The predicted octanol–water partition coefficient (Wildman–Crippen LogP) is 2.90. The minimum absolute atomic E-state index is 1.12. The van der Waals surface area contributed by atoms with Gasteiger partial charge >= 0.3 is 0 Å². The van der Waals surface area contributed by atoms with Crippen molar-refractivity contribution in [2.45, 2.75) is 19.9 Å². The van der Waals surface area contributed by atoms with Crippen LogP contribution in [0.1, 0.15) is 18.9 Å². The van der Waals surface area contributed by atoms with Gasteiger partial charge in [-0.25, -0.2) is 0 Å². The molecule has 1 nitrogen and oxygen atoms in total. The molecule has 0 aliphatic carbocycles. The summed E-state index contributed by atoms with van der Waals surface area (Å²) in [5.74, 6) is 0. The highest BCUT2D eigenvalue weighted by atomic mass is 32.1. The lowest BCUT2D eigenvalue weighted by molar-refractivity contribution is 0.282. The van der Waals surface area contributed by atoms with E-state index in [1.807, 2.05) is 0 Å². The molecule has 0 fully saturated rings. The zero-order valence-electron chi connectivity index (χ0n) is 7.99. The molecule has 1 aromatic heterocycles. The normalized spacial score (nSPS) is 18.7. The maximum atomic E-state index is 2.51. The lowest BCUT2D eigenvalue weighted by Gasteiger charge is -2.25. The topological polar surface area (TPSA) is 3.24 Å². The average molecular weight is 193 g/mol. The fourth-order valence-electron chi connectivity index (χ4n) is 1.77. The van der Waals surface area contributed by atoms with Crippen LogP contribution in [0, 0.1) is 0 Å². The van der Waals surface area contributed by atoms with Crippen molar-refractivity contribution < 1.29 is 0 Å². The van der Waals surface area contributed by atoms with Crippen molar-refractivity contribution in [2.75, 3.05) is 13.1 Å². The molecule has 1 aromatic rings. The van der Waals surface area contributed by atoms with Gasteiger partial charge in [0.1, 0.15) is 0 Å². The first-order valence-corrected chi connectivity index (χ1v) is 5.68. The largest absolute Gasteiger partial charge is 0.295 e. The molecular weight excluding hydrogens is 178 g/mol. The van der Waals surface area contributed by atoms with Gasteiger partial charge in [-0.2, -0.15) is 11.3 Å². The van der Waals surface area contributed by atoms with Crippen LogP contribution in [0.25, 0.3) is 0 Å². The number of hydrogen-bond acceptors (Lipinski definition) is 2. The van der Waals surface area contributed by atoms with E-state index in [2.05, 4.69) is 34.7 Å². The van der Waals surface area contributed by atoms with E-state index in [4.69, 9.17) is 0 Å². The smallest absolute Gasteiger partial charge is 0.0245 e. The minimum Gasteiger partial charge on any atom is -0.295 e. The molecule has 0 amide bonds. The van der Waals surface area contributed by atoms with Crippen molar-refractivity contribution >= 4 is 11.3 Å². The van der Waals surface area contributed by atoms with Gasteiger partial charge in [-0.1, -0.05) is 11.6 Å². The molecule has 0 aromatic carbocycles. The molecule has 0 unspecified atom stereocenters. The van der Waals surface area contributed by atoms with Crippen molar-refractivity contribution in [2.24, 2.45) is 0 Å². The second-order valence-corrected chi connectivity index (χ2v) is 4.46. The Morgan fingerprint density at radius 1 is 1.54 bits per heavy atom. The molecule has 0 bridgehead atoms. The molecule has 2 rings (SSSR count). The Balaban J connectivity index is 1.93. The third kappa shape index (κ3) is 2.42. The molecule has 13 heavy (non-hydrogen) atoms. The summed E-state index contributed by atoms with van der Waals surface area (Å²) in [4.78, 5) is 2.51. The summed E-state index contributed by atoms with van der Waals surface area (Å²) < 4.78 is 0. The second-order valence-electron chi connectivity index (χ2n) is 3.68. The predicted molar refractivity (Wildman–Crippen MR) is 58.0 cm³/mol. The average Bonchev–Trinajstić information content (AvgIpc) is 2.57. The van der Waals surface area contributed by atoms with E-state index >= 15 is 0 Å². The summed E-state index contributed by atoms with van der Waals surface area (Å²) in [7, 11) is 0. The van der Waals surface area contributed by atoms with Crippen LogP contribution in [0.15, 0.2) is 28.5 Å². The van der Waals surface area contributed by atoms with Crippen molar-refractivity contribution in [3.8, 4) is 0 Å². The van der Waals surface area contributed by atoms with Gasteiger partial charge in [0.2, 0.25) is 0 Å². The molecule has 2 heterocycles. The first-order chi connectivity index (χ1) is 6.34. The molecular formula is C11H15NS. The van der Waals surface area contributed by atoms with Crippen LogP contribution < -0.4 is 0 Å². The van der Waals surface area contributed by atoms with Gasteiger partial charge in [-0.05, 0) is 35.7 Å². The maximum Gasteiger partial charge on any atom is 0.0245 e. The monoisotopic (exact) mass is 193 g/mol. The van der Waals surface area contributed by atoms with Crippen molar-refractivity contribution in [1.29, 1.82) is 0 Å². The molecule has 0 radical (unpaired) electrons. The lowest BCUT2D eigenvalue weighted by atomic mass is 10.1. The van der Waals surface area contributed by atoms with Gasteiger partial charge in [0.05, 0.1) is 0 Å². The van der Waals surface area contributed by atoms with Crippen LogP contribution in [-0.4, -0.2) is 18.0 Å². The third-order valence-electron chi connectivity index (χ3n) is 2.40. The fraction of sp³-hybridized carbons (Fsp3) is 0.455. The number of hydrogen-bond donors (Lipinski definition) is 0. The Morgan fingerprint density at radius 3 is 3.15 bits per heavy atom. The first-order valence-electron chi connectivity index (χ1n) is 4.73. The van der Waals surface area contributed by atoms with E-state index in [1.54, 1.807) is 11.3 Å². The van der Waals surface area contributed by atoms with E-state index in [1.165, 1.54) is 24.1 Å². The van der Waals surface area contributed by atoms with E-state index < -0.39 is 0 Å². The SMILES string of the molecule is CC1=CCCN(Cc2ccsc2)C1. The van der Waals surface area contributed by atoms with Crippen LogP contribution >= 0.6 is 11.3 Å². The number of nitrogens with zero attached hydrogens (tertiary/aromatic N) is 1. The van der Waals surface area contributed by atoms with Gasteiger partial charge in [0.15, 0.2) is 0 Å². The standard InChI is InChI=1S/C11H15NS/c1-10-3-2-5-12(7-10)8-11-4-6-13-9-11/h3-4,6,9H,2,5,7-8H2,1H3. The molecule has 1 aliphatic heterocycles. The quantitative estimate of drug-likeness (QED) is 0.653. The molecule has 0 N–H and O–H groups in total. The van der Waals surface area contributed by atoms with Crippen LogP contribution in [0.2, 0.25) is 0 Å². The summed E-state index contributed by atoms with van der Waals surface area (Å²) in [6, 6.07) is 2.22. The van der Waals surface area contributed by atoms with Crippen LogP contribution in [0.4, 0.5) is 0 Å². The van der Waals surface area contributed by atoms with E-state index in [9.17, 15) is 0 Å². The molecule has 0 spiro atoms. The molecule has 70 valence electrons. The third-order valence-corrected chi connectivity index (χ3v) is 3.13. The Morgan fingerprint density at radius 2 is 2.46 bits per heavy atom. The van der Waals surface area contributed by atoms with Gasteiger partial charge < -0.3 is 0 Å². The van der Waals surface area contributed by atoms with E-state index in [0.717, 1.165) is 13.1 Å². The Hall–Kier alpha value is -0.600. The highest BCUT2D eigenvalue weighted by Gasteiger charge is 2.09. The highest BCUT2D eigenvalue weighted by Crippen LogP contribution is 2.14. The van der Waals surface area contributed by atoms with Crippen LogP contribution in [0.5, 0.6) is 0 Å². The Kier molecular flexibility index (Phi) is 2.81. The minimum atomic E-state index is 1.12. The summed E-state index contributed by atoms with van der Waals surface area (Å²) >= 11 is 1.79. The van der Waals surface area contributed by atoms with Gasteiger partial charge in [-0.15, -0.1) is 0 Å². The Labute approximate surface area is 83.7 Å². The van der Waals surface area contributed by atoms with Crippen molar-refractivity contribution in [3.63, 3.8) is 0 Å². The summed E-state index contributed by atoms with van der Waals surface area (Å²) in [6.07, 6.45) is 3.57. The maximum absolute atomic E-state index is 2.51. The van der Waals surface area contributed by atoms with Gasteiger partial charge in [0.25, 0.3) is 0 Å². The van der Waals surface area contributed by atoms with Gasteiger partial charge in [-0.3, -0.25) is 4.90 Å². The second kappa shape index (κ2) is 4.07. The number of rotatable bonds is 2. The molecule has 1 aliphatic rings. The zero-order chi connectivity index (χ0) is 9.10. The molecule has 0 saturated carbocycles. The van der Waals surface area contributed by atoms with Crippen molar-refractivity contribution in [1.82, 2.24) is 4.90 Å². The van der Waals surface area contributed by atoms with E-state index in [-0.39, 0.29) is 0 Å². The summed E-state index contributed by atoms with van der Waals surface area (Å²) in [5.41, 5.74) is 2.97. The number of thiophene rings is 1.